The summed E-state index contributed by atoms with van der Waals surface area (Å²) in [5.74, 6) is 0.805. The molecule has 0 aliphatic carbocycles. The number of imide groups is 1. The summed E-state index contributed by atoms with van der Waals surface area (Å²) in [5.41, 5.74) is 4.16. The molecule has 0 aromatic heterocycles. The minimum Gasteiger partial charge on any atom is -0.490 e. The molecule has 0 bridgehead atoms. The molecule has 2 aromatic carbocycles. The highest BCUT2D eigenvalue weighted by Gasteiger charge is 2.39. The lowest BCUT2D eigenvalue weighted by atomic mass is 9.97. The SMILES string of the molecule is CCOc1ccc(NC2=C(c3ccc(C)cc3C)C(=O)N(CC(C)C)C2=O)cc1OCC. The smallest absolute Gasteiger partial charge is 0.278 e. The van der Waals surface area contributed by atoms with E-state index >= 15 is 0 Å². The number of anilines is 1. The summed E-state index contributed by atoms with van der Waals surface area (Å²) in [6.45, 7) is 13.1. The number of carbonyl (C=O) groups is 2. The monoisotopic (exact) mass is 436 g/mol. The van der Waals surface area contributed by atoms with Gasteiger partial charge in [0.25, 0.3) is 11.8 Å². The van der Waals surface area contributed by atoms with Crippen molar-refractivity contribution >= 4 is 23.1 Å². The number of nitrogens with zero attached hydrogens (tertiary/aromatic N) is 1. The van der Waals surface area contributed by atoms with Crippen molar-refractivity contribution < 1.29 is 19.1 Å². The normalized spacial score (nSPS) is 13.9. The van der Waals surface area contributed by atoms with E-state index < -0.39 is 0 Å². The maximum Gasteiger partial charge on any atom is 0.278 e. The Balaban J connectivity index is 2.08. The molecule has 2 aromatic rings. The first-order valence-corrected chi connectivity index (χ1v) is 11.1. The van der Waals surface area contributed by atoms with Crippen LogP contribution in [-0.2, 0) is 9.59 Å². The Morgan fingerprint density at radius 2 is 1.59 bits per heavy atom. The molecule has 6 nitrogen and oxygen atoms in total. The number of carbonyl (C=O) groups excluding carboxylic acids is 2. The number of nitrogens with one attached hydrogen (secondary N) is 1. The Kier molecular flexibility index (Phi) is 7.23. The predicted octanol–water partition coefficient (Wildman–Crippen LogP) is 4.95. The summed E-state index contributed by atoms with van der Waals surface area (Å²) in [4.78, 5) is 28.0. The van der Waals surface area contributed by atoms with Crippen molar-refractivity contribution in [3.8, 4) is 11.5 Å². The molecule has 0 unspecified atom stereocenters. The van der Waals surface area contributed by atoms with Gasteiger partial charge in [0.05, 0.1) is 18.8 Å². The fourth-order valence-electron chi connectivity index (χ4n) is 3.84. The molecule has 1 N–H and O–H groups in total. The summed E-state index contributed by atoms with van der Waals surface area (Å²) < 4.78 is 11.4. The Labute approximate surface area is 190 Å². The second-order valence-electron chi connectivity index (χ2n) is 8.34. The highest BCUT2D eigenvalue weighted by molar-refractivity contribution is 6.36. The van der Waals surface area contributed by atoms with Crippen LogP contribution in [0.3, 0.4) is 0 Å². The second-order valence-corrected chi connectivity index (χ2v) is 8.34. The molecule has 2 amide bonds. The third-order valence-electron chi connectivity index (χ3n) is 5.18. The molecule has 170 valence electrons. The zero-order chi connectivity index (χ0) is 23.4. The third kappa shape index (κ3) is 4.79. The number of benzene rings is 2. The molecule has 1 aliphatic heterocycles. The third-order valence-corrected chi connectivity index (χ3v) is 5.18. The fourth-order valence-corrected chi connectivity index (χ4v) is 3.84. The van der Waals surface area contributed by atoms with E-state index in [2.05, 4.69) is 5.32 Å². The fraction of sp³-hybridized carbons (Fsp3) is 0.385. The van der Waals surface area contributed by atoms with Gasteiger partial charge in [-0.15, -0.1) is 0 Å². The largest absolute Gasteiger partial charge is 0.490 e. The van der Waals surface area contributed by atoms with E-state index in [-0.39, 0.29) is 23.4 Å². The first-order chi connectivity index (χ1) is 15.3. The van der Waals surface area contributed by atoms with Crippen molar-refractivity contribution in [2.45, 2.75) is 41.5 Å². The molecule has 0 fully saturated rings. The average molecular weight is 437 g/mol. The van der Waals surface area contributed by atoms with Gasteiger partial charge in [-0.3, -0.25) is 14.5 Å². The van der Waals surface area contributed by atoms with E-state index in [1.807, 2.05) is 65.8 Å². The molecule has 3 rings (SSSR count). The number of rotatable bonds is 9. The number of ether oxygens (including phenoxy) is 2. The van der Waals surface area contributed by atoms with Gasteiger partial charge < -0.3 is 14.8 Å². The molecule has 0 saturated heterocycles. The topological polar surface area (TPSA) is 67.9 Å². The molecule has 1 heterocycles. The molecular formula is C26H32N2O4. The van der Waals surface area contributed by atoms with Gasteiger partial charge in [0.1, 0.15) is 5.70 Å². The number of hydrogen-bond acceptors (Lipinski definition) is 5. The van der Waals surface area contributed by atoms with Crippen LogP contribution in [0.1, 0.15) is 44.4 Å². The van der Waals surface area contributed by atoms with E-state index in [0.717, 1.165) is 16.7 Å². The summed E-state index contributed by atoms with van der Waals surface area (Å²) in [7, 11) is 0. The first-order valence-electron chi connectivity index (χ1n) is 11.1. The summed E-state index contributed by atoms with van der Waals surface area (Å²) >= 11 is 0. The molecule has 32 heavy (non-hydrogen) atoms. The van der Waals surface area contributed by atoms with Crippen molar-refractivity contribution in [2.75, 3.05) is 25.1 Å². The van der Waals surface area contributed by atoms with Gasteiger partial charge in [-0.1, -0.05) is 37.6 Å². The van der Waals surface area contributed by atoms with Gasteiger partial charge in [-0.25, -0.2) is 0 Å². The predicted molar refractivity (Wildman–Crippen MR) is 127 cm³/mol. The van der Waals surface area contributed by atoms with E-state index in [4.69, 9.17) is 9.47 Å². The van der Waals surface area contributed by atoms with Gasteiger partial charge in [-0.2, -0.15) is 0 Å². The molecule has 0 saturated carbocycles. The highest BCUT2D eigenvalue weighted by atomic mass is 16.5. The van der Waals surface area contributed by atoms with Crippen LogP contribution in [0.4, 0.5) is 5.69 Å². The maximum absolute atomic E-state index is 13.4. The summed E-state index contributed by atoms with van der Waals surface area (Å²) in [5, 5.41) is 3.21. The lowest BCUT2D eigenvalue weighted by molar-refractivity contribution is -0.137. The second kappa shape index (κ2) is 9.90. The molecule has 0 spiro atoms. The number of amides is 2. The zero-order valence-corrected chi connectivity index (χ0v) is 19.7. The van der Waals surface area contributed by atoms with Gasteiger partial charge in [-0.05, 0) is 56.9 Å². The number of aryl methyl sites for hydroxylation is 2. The van der Waals surface area contributed by atoms with Gasteiger partial charge in [0, 0.05) is 18.3 Å². The van der Waals surface area contributed by atoms with Crippen LogP contribution in [-0.4, -0.2) is 36.5 Å². The van der Waals surface area contributed by atoms with Crippen LogP contribution in [0.2, 0.25) is 0 Å². The standard InChI is InChI=1S/C26H32N2O4/c1-7-31-21-12-10-19(14-22(21)32-8-2)27-24-23(20-11-9-17(5)13-18(20)6)25(29)28(26(24)30)15-16(3)4/h9-14,16,27H,7-8,15H2,1-6H3. The van der Waals surface area contributed by atoms with E-state index in [1.165, 1.54) is 4.90 Å². The lowest BCUT2D eigenvalue weighted by Crippen LogP contribution is -2.35. The minimum absolute atomic E-state index is 0.164. The van der Waals surface area contributed by atoms with Gasteiger partial charge in [0.15, 0.2) is 11.5 Å². The molecule has 1 aliphatic rings. The van der Waals surface area contributed by atoms with E-state index in [9.17, 15) is 9.59 Å². The quantitative estimate of drug-likeness (QED) is 0.564. The highest BCUT2D eigenvalue weighted by Crippen LogP contribution is 2.35. The first kappa shape index (κ1) is 23.4. The van der Waals surface area contributed by atoms with Gasteiger partial charge in [0.2, 0.25) is 0 Å². The Hall–Kier alpha value is -3.28. The van der Waals surface area contributed by atoms with Crippen LogP contribution in [0.25, 0.3) is 5.57 Å². The van der Waals surface area contributed by atoms with E-state index in [0.29, 0.717) is 42.5 Å². The molecule has 6 heteroatoms. The number of hydrogen-bond donors (Lipinski definition) is 1. The Morgan fingerprint density at radius 3 is 2.22 bits per heavy atom. The van der Waals surface area contributed by atoms with Crippen molar-refractivity contribution in [3.63, 3.8) is 0 Å². The van der Waals surface area contributed by atoms with Crippen LogP contribution >= 0.6 is 0 Å². The van der Waals surface area contributed by atoms with Gasteiger partial charge >= 0.3 is 0 Å². The van der Waals surface area contributed by atoms with Crippen molar-refractivity contribution in [1.82, 2.24) is 4.90 Å². The summed E-state index contributed by atoms with van der Waals surface area (Å²) in [6.07, 6.45) is 0. The van der Waals surface area contributed by atoms with Crippen molar-refractivity contribution in [1.29, 1.82) is 0 Å². The van der Waals surface area contributed by atoms with Crippen molar-refractivity contribution in [3.05, 3.63) is 58.8 Å². The Morgan fingerprint density at radius 1 is 0.906 bits per heavy atom. The molecule has 0 radical (unpaired) electrons. The van der Waals surface area contributed by atoms with Crippen molar-refractivity contribution in [2.24, 2.45) is 5.92 Å². The van der Waals surface area contributed by atoms with Crippen LogP contribution < -0.4 is 14.8 Å². The van der Waals surface area contributed by atoms with E-state index in [1.54, 1.807) is 12.1 Å². The minimum atomic E-state index is -0.314. The lowest BCUT2D eigenvalue weighted by Gasteiger charge is -2.18. The van der Waals surface area contributed by atoms with Crippen LogP contribution in [0, 0.1) is 19.8 Å². The average Bonchev–Trinajstić information content (AvgIpc) is 2.94. The molecule has 0 atom stereocenters. The molecular weight excluding hydrogens is 404 g/mol. The maximum atomic E-state index is 13.4. The Bertz CT molecular complexity index is 1060. The zero-order valence-electron chi connectivity index (χ0n) is 19.7. The van der Waals surface area contributed by atoms with Crippen LogP contribution in [0.5, 0.6) is 11.5 Å². The summed E-state index contributed by atoms with van der Waals surface area (Å²) in [6, 6.07) is 11.3. The van der Waals surface area contributed by atoms with Crippen LogP contribution in [0.15, 0.2) is 42.1 Å².